The fourth-order valence-electron chi connectivity index (χ4n) is 2.80. The van der Waals surface area contributed by atoms with E-state index in [2.05, 4.69) is 20.9 Å². The first-order valence-corrected chi connectivity index (χ1v) is 8.74. The highest BCUT2D eigenvalue weighted by molar-refractivity contribution is 9.10. The first-order valence-electron chi connectivity index (χ1n) is 7.42. The van der Waals surface area contributed by atoms with Crippen LogP contribution in [0.4, 0.5) is 4.39 Å². The Bertz CT molecular complexity index is 929. The molecule has 0 N–H and O–H groups in total. The van der Waals surface area contributed by atoms with E-state index in [4.69, 9.17) is 11.6 Å². The summed E-state index contributed by atoms with van der Waals surface area (Å²) in [6.07, 6.45) is 1.96. The Morgan fingerprint density at radius 1 is 1.33 bits per heavy atom. The third-order valence-electron chi connectivity index (χ3n) is 3.88. The lowest BCUT2D eigenvalue weighted by Crippen LogP contribution is -2.08. The highest BCUT2D eigenvalue weighted by atomic mass is 79.9. The van der Waals surface area contributed by atoms with Crippen LogP contribution >= 0.6 is 27.5 Å². The molecule has 0 aliphatic carbocycles. The highest BCUT2D eigenvalue weighted by Crippen LogP contribution is 2.32. The largest absolute Gasteiger partial charge is 0.303 e. The quantitative estimate of drug-likeness (QED) is 0.576. The molecule has 3 aromatic rings. The maximum absolute atomic E-state index is 14.6. The molecule has 0 saturated heterocycles. The summed E-state index contributed by atoms with van der Waals surface area (Å²) >= 11 is 8.96. The van der Waals surface area contributed by atoms with Gasteiger partial charge >= 0.3 is 0 Å². The molecule has 0 atom stereocenters. The van der Waals surface area contributed by atoms with Gasteiger partial charge in [-0.3, -0.25) is 4.79 Å². The fourth-order valence-corrected chi connectivity index (χ4v) is 3.44. The van der Waals surface area contributed by atoms with Crippen LogP contribution in [0.5, 0.6) is 0 Å². The Hall–Kier alpha value is -1.72. The lowest BCUT2D eigenvalue weighted by molar-refractivity contribution is -0.116. The zero-order chi connectivity index (χ0) is 17.4. The second-order valence-corrected chi connectivity index (χ2v) is 6.95. The van der Waals surface area contributed by atoms with Gasteiger partial charge < -0.3 is 4.40 Å². The number of fused-ring (bicyclic) bond motifs is 1. The standard InChI is InChI=1S/C18H15BrClFN2O/c1-10-3-4-23-15(8-13(24)9-20)18(22-16(23)5-10)17-11(2)6-12(19)7-14(17)21/h3-7H,8-9H2,1-2H3. The smallest absolute Gasteiger partial charge is 0.153 e. The minimum Gasteiger partial charge on any atom is -0.303 e. The average Bonchev–Trinajstić information content (AvgIpc) is 2.83. The van der Waals surface area contributed by atoms with E-state index in [1.165, 1.54) is 6.07 Å². The van der Waals surface area contributed by atoms with Gasteiger partial charge in [0, 0.05) is 16.2 Å². The first kappa shape index (κ1) is 17.1. The van der Waals surface area contributed by atoms with Crippen LogP contribution in [-0.4, -0.2) is 21.0 Å². The number of aromatic nitrogens is 2. The second kappa shape index (κ2) is 6.65. The van der Waals surface area contributed by atoms with E-state index in [-0.39, 0.29) is 23.9 Å². The number of ketones is 1. The minimum absolute atomic E-state index is 0.0830. The van der Waals surface area contributed by atoms with E-state index >= 15 is 0 Å². The maximum Gasteiger partial charge on any atom is 0.153 e. The van der Waals surface area contributed by atoms with Crippen LogP contribution in [0.3, 0.4) is 0 Å². The summed E-state index contributed by atoms with van der Waals surface area (Å²) in [5.74, 6) is -0.586. The highest BCUT2D eigenvalue weighted by Gasteiger charge is 2.21. The number of alkyl halides is 1. The van der Waals surface area contributed by atoms with Gasteiger partial charge in [0.15, 0.2) is 5.78 Å². The van der Waals surface area contributed by atoms with Crippen LogP contribution in [0.25, 0.3) is 16.9 Å². The molecule has 0 aliphatic heterocycles. The lowest BCUT2D eigenvalue weighted by atomic mass is 10.0. The molecule has 0 spiro atoms. The van der Waals surface area contributed by atoms with E-state index < -0.39 is 0 Å². The van der Waals surface area contributed by atoms with Crippen LogP contribution in [0.2, 0.25) is 0 Å². The molecule has 1 aromatic carbocycles. The van der Waals surface area contributed by atoms with Crippen LogP contribution in [0.15, 0.2) is 34.9 Å². The van der Waals surface area contributed by atoms with Crippen molar-refractivity contribution in [3.8, 4) is 11.3 Å². The number of nitrogens with zero attached hydrogens (tertiary/aromatic N) is 2. The number of pyridine rings is 1. The van der Waals surface area contributed by atoms with Crippen LogP contribution in [0.1, 0.15) is 16.8 Å². The fraction of sp³-hybridized carbons (Fsp3) is 0.222. The summed E-state index contributed by atoms with van der Waals surface area (Å²) in [7, 11) is 0. The summed E-state index contributed by atoms with van der Waals surface area (Å²) in [6.45, 7) is 3.79. The molecular formula is C18H15BrClFN2O. The first-order chi connectivity index (χ1) is 11.4. The van der Waals surface area contributed by atoms with Crippen LogP contribution in [-0.2, 0) is 11.2 Å². The van der Waals surface area contributed by atoms with E-state index in [0.29, 0.717) is 27.1 Å². The minimum atomic E-state index is -0.374. The number of carbonyl (C=O) groups is 1. The number of hydrogen-bond acceptors (Lipinski definition) is 2. The molecule has 124 valence electrons. The Morgan fingerprint density at radius 2 is 2.08 bits per heavy atom. The molecule has 0 unspecified atom stereocenters. The molecule has 0 saturated carbocycles. The van der Waals surface area contributed by atoms with Gasteiger partial charge in [-0.15, -0.1) is 11.6 Å². The number of imidazole rings is 1. The van der Waals surface area contributed by atoms with Crippen molar-refractivity contribution in [3.63, 3.8) is 0 Å². The molecule has 24 heavy (non-hydrogen) atoms. The summed E-state index contributed by atoms with van der Waals surface area (Å²) in [5, 5.41) is 0. The van der Waals surface area contributed by atoms with Crippen molar-refractivity contribution in [2.45, 2.75) is 20.3 Å². The van der Waals surface area contributed by atoms with Crippen LogP contribution < -0.4 is 0 Å². The third-order valence-corrected chi connectivity index (χ3v) is 4.64. The summed E-state index contributed by atoms with van der Waals surface area (Å²) in [5.41, 5.74) is 4.03. The summed E-state index contributed by atoms with van der Waals surface area (Å²) in [6, 6.07) is 7.08. The maximum atomic E-state index is 14.6. The molecule has 0 bridgehead atoms. The predicted molar refractivity (Wildman–Crippen MR) is 97.2 cm³/mol. The van der Waals surface area contributed by atoms with E-state index in [9.17, 15) is 9.18 Å². The number of hydrogen-bond donors (Lipinski definition) is 0. The number of rotatable bonds is 4. The van der Waals surface area contributed by atoms with Crippen molar-refractivity contribution in [2.24, 2.45) is 0 Å². The lowest BCUT2D eigenvalue weighted by Gasteiger charge is -2.09. The Kier molecular flexibility index (Phi) is 4.74. The molecule has 2 aromatic heterocycles. The molecule has 0 fully saturated rings. The Balaban J connectivity index is 2.31. The molecule has 3 nitrogen and oxygen atoms in total. The summed E-state index contributed by atoms with van der Waals surface area (Å²) in [4.78, 5) is 16.5. The van der Waals surface area contributed by atoms with Gasteiger partial charge in [-0.05, 0) is 49.2 Å². The third kappa shape index (κ3) is 3.10. The van der Waals surface area contributed by atoms with Gasteiger partial charge in [-0.2, -0.15) is 0 Å². The average molecular weight is 410 g/mol. The van der Waals surface area contributed by atoms with Gasteiger partial charge in [0.2, 0.25) is 0 Å². The zero-order valence-electron chi connectivity index (χ0n) is 13.2. The predicted octanol–water partition coefficient (Wildman–Crippen LogP) is 4.87. The van der Waals surface area contributed by atoms with E-state index in [1.54, 1.807) is 0 Å². The van der Waals surface area contributed by atoms with Gasteiger partial charge in [-0.1, -0.05) is 15.9 Å². The Labute approximate surface area is 152 Å². The topological polar surface area (TPSA) is 34.4 Å². The number of carbonyl (C=O) groups excluding carboxylic acids is 1. The van der Waals surface area contributed by atoms with Gasteiger partial charge in [0.25, 0.3) is 0 Å². The SMILES string of the molecule is Cc1ccn2c(CC(=O)CCl)c(-c3c(C)cc(Br)cc3F)nc2c1. The van der Waals surface area contributed by atoms with Gasteiger partial charge in [0.05, 0.1) is 23.7 Å². The second-order valence-electron chi connectivity index (χ2n) is 5.77. The zero-order valence-corrected chi connectivity index (χ0v) is 15.6. The van der Waals surface area contributed by atoms with E-state index in [1.807, 2.05) is 42.6 Å². The molecule has 3 rings (SSSR count). The van der Waals surface area contributed by atoms with Gasteiger partial charge in [0.1, 0.15) is 11.5 Å². The van der Waals surface area contributed by atoms with Crippen molar-refractivity contribution in [1.29, 1.82) is 0 Å². The summed E-state index contributed by atoms with van der Waals surface area (Å²) < 4.78 is 17.1. The number of benzene rings is 1. The molecule has 0 aliphatic rings. The van der Waals surface area contributed by atoms with Crippen LogP contribution in [0, 0.1) is 19.7 Å². The molecule has 2 heterocycles. The van der Waals surface area contributed by atoms with Crippen molar-refractivity contribution in [3.05, 3.63) is 57.6 Å². The van der Waals surface area contributed by atoms with Crippen molar-refractivity contribution in [2.75, 3.05) is 5.88 Å². The molecule has 6 heteroatoms. The Morgan fingerprint density at radius 3 is 2.75 bits per heavy atom. The van der Waals surface area contributed by atoms with Crippen molar-refractivity contribution < 1.29 is 9.18 Å². The number of Topliss-reactive ketones (excluding diaryl/α,β-unsaturated/α-hetero) is 1. The van der Waals surface area contributed by atoms with E-state index in [0.717, 1.165) is 11.1 Å². The van der Waals surface area contributed by atoms with Crippen molar-refractivity contribution >= 4 is 39.0 Å². The van der Waals surface area contributed by atoms with Crippen molar-refractivity contribution in [1.82, 2.24) is 9.38 Å². The van der Waals surface area contributed by atoms with Gasteiger partial charge in [-0.25, -0.2) is 9.37 Å². The normalized spacial score (nSPS) is 11.2. The molecule has 0 amide bonds. The molecular weight excluding hydrogens is 395 g/mol. The molecule has 0 radical (unpaired) electrons. The number of aryl methyl sites for hydroxylation is 2. The number of halogens is 3. The monoisotopic (exact) mass is 408 g/mol.